The lowest BCUT2D eigenvalue weighted by molar-refractivity contribution is -0.263. The molecule has 0 radical (unpaired) electrons. The van der Waals surface area contributed by atoms with Gasteiger partial charge in [0.1, 0.15) is 18.3 Å². The van der Waals surface area contributed by atoms with E-state index in [0.29, 0.717) is 6.61 Å². The van der Waals surface area contributed by atoms with Crippen LogP contribution in [-0.2, 0) is 23.3 Å². The highest BCUT2D eigenvalue weighted by Gasteiger charge is 2.46. The number of hydrogen-bond acceptors (Lipinski definition) is 8. The maximum absolute atomic E-state index is 11.3. The molecule has 10 heteroatoms. The normalized spacial score (nSPS) is 37.6. The SMILES string of the molecule is COCCOC1OC(CO)C(OP(C)(=O)O)C(O)C1N. The second kappa shape index (κ2) is 7.79. The summed E-state index contributed by atoms with van der Waals surface area (Å²) in [5, 5.41) is 19.3. The number of aliphatic hydroxyl groups is 2. The van der Waals surface area contributed by atoms with Crippen molar-refractivity contribution >= 4 is 7.60 Å². The van der Waals surface area contributed by atoms with Gasteiger partial charge in [0.2, 0.25) is 0 Å². The molecular formula is C10H22NO8P. The summed E-state index contributed by atoms with van der Waals surface area (Å²) >= 11 is 0. The van der Waals surface area contributed by atoms with Crippen molar-refractivity contribution in [2.75, 3.05) is 33.6 Å². The van der Waals surface area contributed by atoms with E-state index < -0.39 is 44.8 Å². The van der Waals surface area contributed by atoms with Crippen LogP contribution in [0.3, 0.4) is 0 Å². The molecular weight excluding hydrogens is 293 g/mol. The first-order valence-corrected chi connectivity index (χ1v) is 8.11. The third-order valence-electron chi connectivity index (χ3n) is 2.79. The van der Waals surface area contributed by atoms with Gasteiger partial charge in [-0.15, -0.1) is 0 Å². The lowest BCUT2D eigenvalue weighted by Crippen LogP contribution is -2.63. The number of hydrogen-bond donors (Lipinski definition) is 4. The molecule has 6 atom stereocenters. The van der Waals surface area contributed by atoms with E-state index in [1.807, 2.05) is 0 Å². The van der Waals surface area contributed by atoms with Gasteiger partial charge in [0.05, 0.1) is 25.9 Å². The van der Waals surface area contributed by atoms with Crippen molar-refractivity contribution in [1.82, 2.24) is 0 Å². The Kier molecular flexibility index (Phi) is 6.99. The molecule has 120 valence electrons. The second-order valence-electron chi connectivity index (χ2n) is 4.53. The average molecular weight is 315 g/mol. The molecule has 1 rings (SSSR count). The molecule has 0 saturated carbocycles. The average Bonchev–Trinajstić information content (AvgIpc) is 2.36. The van der Waals surface area contributed by atoms with E-state index in [9.17, 15) is 19.7 Å². The molecule has 0 bridgehead atoms. The summed E-state index contributed by atoms with van der Waals surface area (Å²) in [5.74, 6) is 0. The van der Waals surface area contributed by atoms with Crippen LogP contribution in [0.5, 0.6) is 0 Å². The quantitative estimate of drug-likeness (QED) is 0.318. The van der Waals surface area contributed by atoms with Gasteiger partial charge in [0.25, 0.3) is 0 Å². The van der Waals surface area contributed by atoms with E-state index in [2.05, 4.69) is 0 Å². The molecule has 9 nitrogen and oxygen atoms in total. The number of nitrogens with two attached hydrogens (primary N) is 1. The Morgan fingerprint density at radius 2 is 2.05 bits per heavy atom. The van der Waals surface area contributed by atoms with Crippen molar-refractivity contribution in [3.8, 4) is 0 Å². The minimum Gasteiger partial charge on any atom is -0.394 e. The molecule has 1 aliphatic heterocycles. The van der Waals surface area contributed by atoms with Crippen LogP contribution in [-0.4, -0.2) is 79.3 Å². The number of ether oxygens (including phenoxy) is 3. The maximum atomic E-state index is 11.3. The minimum atomic E-state index is -3.86. The molecule has 1 heterocycles. The zero-order valence-electron chi connectivity index (χ0n) is 11.4. The molecule has 0 aliphatic carbocycles. The molecule has 0 aromatic rings. The van der Waals surface area contributed by atoms with Crippen LogP contribution in [0.1, 0.15) is 0 Å². The lowest BCUT2D eigenvalue weighted by Gasteiger charge is -2.42. The standard InChI is InChI=1S/C10H22NO8P/c1-16-3-4-17-10-7(11)8(13)9(6(5-12)18-10)19-20(2,14)15/h6-10,12-13H,3-5,11H2,1-2H3,(H,14,15). The van der Waals surface area contributed by atoms with Crippen molar-refractivity contribution in [3.63, 3.8) is 0 Å². The van der Waals surface area contributed by atoms with Crippen LogP contribution < -0.4 is 5.73 Å². The zero-order chi connectivity index (χ0) is 15.3. The predicted molar refractivity (Wildman–Crippen MR) is 68.2 cm³/mol. The third kappa shape index (κ3) is 5.03. The summed E-state index contributed by atoms with van der Waals surface area (Å²) in [6.45, 7) is 0.962. The van der Waals surface area contributed by atoms with E-state index in [4.69, 9.17) is 24.5 Å². The summed E-state index contributed by atoms with van der Waals surface area (Å²) in [5.41, 5.74) is 5.76. The molecule has 1 saturated heterocycles. The van der Waals surface area contributed by atoms with Gasteiger partial charge in [-0.25, -0.2) is 0 Å². The Bertz CT molecular complexity index is 335. The molecule has 0 aromatic carbocycles. The summed E-state index contributed by atoms with van der Waals surface area (Å²) < 4.78 is 31.6. The van der Waals surface area contributed by atoms with Gasteiger partial charge in [-0.1, -0.05) is 0 Å². The highest BCUT2D eigenvalue weighted by molar-refractivity contribution is 7.51. The Hall–Kier alpha value is -0.0900. The van der Waals surface area contributed by atoms with E-state index in [1.54, 1.807) is 0 Å². The molecule has 1 fully saturated rings. The highest BCUT2D eigenvalue weighted by atomic mass is 31.2. The fourth-order valence-electron chi connectivity index (χ4n) is 1.84. The number of methoxy groups -OCH3 is 1. The molecule has 20 heavy (non-hydrogen) atoms. The van der Waals surface area contributed by atoms with Crippen LogP contribution in [0.25, 0.3) is 0 Å². The fraction of sp³-hybridized carbons (Fsp3) is 1.00. The van der Waals surface area contributed by atoms with E-state index in [-0.39, 0.29) is 6.61 Å². The Balaban J connectivity index is 2.71. The first kappa shape index (κ1) is 18.0. The largest absolute Gasteiger partial charge is 0.394 e. The zero-order valence-corrected chi connectivity index (χ0v) is 12.3. The number of rotatable bonds is 7. The van der Waals surface area contributed by atoms with Crippen LogP contribution >= 0.6 is 7.60 Å². The molecule has 6 unspecified atom stereocenters. The van der Waals surface area contributed by atoms with Gasteiger partial charge in [0.15, 0.2) is 6.29 Å². The molecule has 5 N–H and O–H groups in total. The monoisotopic (exact) mass is 315 g/mol. The Morgan fingerprint density at radius 3 is 2.55 bits per heavy atom. The molecule has 0 spiro atoms. The molecule has 0 amide bonds. The third-order valence-corrected chi connectivity index (χ3v) is 3.42. The van der Waals surface area contributed by atoms with E-state index in [1.165, 1.54) is 7.11 Å². The predicted octanol–water partition coefficient (Wildman–Crippen LogP) is -1.74. The van der Waals surface area contributed by atoms with Gasteiger partial charge in [-0.05, 0) is 0 Å². The Labute approximate surface area is 117 Å². The second-order valence-corrected chi connectivity index (χ2v) is 6.35. The molecule has 1 aliphatic rings. The van der Waals surface area contributed by atoms with Crippen molar-refractivity contribution in [2.45, 2.75) is 30.6 Å². The summed E-state index contributed by atoms with van der Waals surface area (Å²) in [6, 6.07) is -0.980. The van der Waals surface area contributed by atoms with Gasteiger partial charge < -0.3 is 35.1 Å². The van der Waals surface area contributed by atoms with Gasteiger partial charge in [-0.2, -0.15) is 0 Å². The fourth-order valence-corrected chi connectivity index (χ4v) is 2.55. The van der Waals surface area contributed by atoms with Crippen molar-refractivity contribution in [3.05, 3.63) is 0 Å². The first-order valence-electron chi connectivity index (χ1n) is 6.09. The summed E-state index contributed by atoms with van der Waals surface area (Å²) in [6.07, 6.45) is -4.50. The minimum absolute atomic E-state index is 0.192. The van der Waals surface area contributed by atoms with Crippen LogP contribution in [0.2, 0.25) is 0 Å². The van der Waals surface area contributed by atoms with Crippen LogP contribution in [0.4, 0.5) is 0 Å². The van der Waals surface area contributed by atoms with Crippen molar-refractivity contribution in [2.24, 2.45) is 5.73 Å². The maximum Gasteiger partial charge on any atom is 0.325 e. The van der Waals surface area contributed by atoms with Crippen LogP contribution in [0, 0.1) is 0 Å². The van der Waals surface area contributed by atoms with E-state index >= 15 is 0 Å². The first-order chi connectivity index (χ1) is 9.30. The van der Waals surface area contributed by atoms with Gasteiger partial charge in [0, 0.05) is 13.8 Å². The lowest BCUT2D eigenvalue weighted by atomic mass is 9.98. The van der Waals surface area contributed by atoms with Crippen molar-refractivity contribution < 1.29 is 38.4 Å². The van der Waals surface area contributed by atoms with Crippen molar-refractivity contribution in [1.29, 1.82) is 0 Å². The topological polar surface area (TPSA) is 141 Å². The Morgan fingerprint density at radius 1 is 1.40 bits per heavy atom. The summed E-state index contributed by atoms with van der Waals surface area (Å²) in [4.78, 5) is 9.22. The summed E-state index contributed by atoms with van der Waals surface area (Å²) in [7, 11) is -2.36. The van der Waals surface area contributed by atoms with Gasteiger partial charge >= 0.3 is 7.60 Å². The van der Waals surface area contributed by atoms with Crippen LogP contribution in [0.15, 0.2) is 0 Å². The number of aliphatic hydroxyl groups excluding tert-OH is 2. The smallest absolute Gasteiger partial charge is 0.325 e. The molecule has 0 aromatic heterocycles. The van der Waals surface area contributed by atoms with E-state index in [0.717, 1.165) is 6.66 Å². The van der Waals surface area contributed by atoms with Gasteiger partial charge in [-0.3, -0.25) is 9.09 Å². The highest BCUT2D eigenvalue weighted by Crippen LogP contribution is 2.41.